The topological polar surface area (TPSA) is 34.1 Å². The molecule has 0 saturated heterocycles. The molecule has 0 aromatic carbocycles. The third-order valence-corrected chi connectivity index (χ3v) is 6.87. The molecule has 0 aromatic rings. The maximum atomic E-state index is 12.2. The molecule has 5 unspecified atom stereocenters. The lowest BCUT2D eigenvalue weighted by molar-refractivity contribution is -0.120. The molecule has 0 heterocycles. The molecule has 2 fully saturated rings. The summed E-state index contributed by atoms with van der Waals surface area (Å²) in [5.41, 5.74) is 3.98. The molecule has 0 bridgehead atoms. The second kappa shape index (κ2) is 5.58. The molecule has 0 N–H and O–H groups in total. The first-order valence-electron chi connectivity index (χ1n) is 9.27. The van der Waals surface area contributed by atoms with E-state index in [0.29, 0.717) is 29.5 Å². The number of hydrogen-bond donors (Lipinski definition) is 0. The average molecular weight is 310 g/mol. The van der Waals surface area contributed by atoms with Crippen molar-refractivity contribution in [3.63, 3.8) is 0 Å². The highest BCUT2D eigenvalue weighted by atomic mass is 16.1. The molecule has 0 amide bonds. The van der Waals surface area contributed by atoms with Crippen LogP contribution in [0.4, 0.5) is 0 Å². The summed E-state index contributed by atoms with van der Waals surface area (Å²) in [4.78, 5) is 24.1. The quantitative estimate of drug-likeness (QED) is 0.756. The number of carbonyl (C=O) groups excluding carboxylic acids is 2. The van der Waals surface area contributed by atoms with Crippen molar-refractivity contribution in [2.75, 3.05) is 0 Å². The van der Waals surface area contributed by atoms with Crippen LogP contribution in [0.3, 0.4) is 0 Å². The van der Waals surface area contributed by atoms with Crippen LogP contribution in [0.5, 0.6) is 0 Å². The molecule has 2 heteroatoms. The number of hydrogen-bond acceptors (Lipinski definition) is 2. The molecule has 0 radical (unpaired) electrons. The summed E-state index contributed by atoms with van der Waals surface area (Å²) >= 11 is 0. The minimum atomic E-state index is 0.240. The molecule has 4 rings (SSSR count). The first-order valence-corrected chi connectivity index (χ1v) is 9.27. The van der Waals surface area contributed by atoms with Gasteiger partial charge in [-0.1, -0.05) is 30.2 Å². The Labute approximate surface area is 138 Å². The Morgan fingerprint density at radius 2 is 2.00 bits per heavy atom. The Morgan fingerprint density at radius 3 is 2.74 bits per heavy atom. The first-order chi connectivity index (χ1) is 11.1. The Morgan fingerprint density at radius 1 is 1.17 bits per heavy atom. The molecular formula is C21H26O2. The third kappa shape index (κ3) is 2.29. The number of Topliss-reactive ketones (excluding diaryl/α,β-unsaturated/α-hetero) is 1. The number of allylic oxidation sites excluding steroid dienone is 6. The van der Waals surface area contributed by atoms with Crippen LogP contribution in [0.25, 0.3) is 0 Å². The lowest BCUT2D eigenvalue weighted by Crippen LogP contribution is -2.40. The standard InChI is InChI=1S/C21H26O2/c1-3-13-10-20-14(11-21(13)23)4-5-17-18-7-6-15(12(2)22)16(18)8-9-19(17)20/h6-7,11,13,16-17,19-20H,3-5,8-10H2,1-2H3. The van der Waals surface area contributed by atoms with E-state index in [1.54, 1.807) is 6.92 Å². The van der Waals surface area contributed by atoms with E-state index in [1.165, 1.54) is 24.0 Å². The number of fused-ring (bicyclic) bond motifs is 5. The normalized spacial score (nSPS) is 38.8. The highest BCUT2D eigenvalue weighted by molar-refractivity contribution is 5.95. The third-order valence-electron chi connectivity index (χ3n) is 6.87. The van der Waals surface area contributed by atoms with Crippen LogP contribution in [0, 0.1) is 29.6 Å². The van der Waals surface area contributed by atoms with Crippen LogP contribution in [-0.4, -0.2) is 11.6 Å². The molecule has 4 aliphatic rings. The Balaban J connectivity index is 1.60. The van der Waals surface area contributed by atoms with Gasteiger partial charge in [0.2, 0.25) is 0 Å². The van der Waals surface area contributed by atoms with E-state index in [0.717, 1.165) is 31.3 Å². The summed E-state index contributed by atoms with van der Waals surface area (Å²) < 4.78 is 0. The molecule has 0 aromatic heterocycles. The van der Waals surface area contributed by atoms with E-state index < -0.39 is 0 Å². The lowest BCUT2D eigenvalue weighted by atomic mass is 9.56. The zero-order valence-corrected chi connectivity index (χ0v) is 14.2. The van der Waals surface area contributed by atoms with E-state index in [9.17, 15) is 9.59 Å². The van der Waals surface area contributed by atoms with Gasteiger partial charge in [0, 0.05) is 17.4 Å². The van der Waals surface area contributed by atoms with E-state index in [4.69, 9.17) is 0 Å². The molecule has 5 atom stereocenters. The van der Waals surface area contributed by atoms with Gasteiger partial charge in [-0.2, -0.15) is 0 Å². The smallest absolute Gasteiger partial charge is 0.158 e. The summed E-state index contributed by atoms with van der Waals surface area (Å²) in [5, 5.41) is 0. The van der Waals surface area contributed by atoms with Crippen molar-refractivity contribution in [1.82, 2.24) is 0 Å². The summed E-state index contributed by atoms with van der Waals surface area (Å²) in [7, 11) is 0. The SMILES string of the molecule is CCC1CC2C(=CC1=O)CCC1C3=CC=C(C(C)=O)C3CCC21. The van der Waals surface area contributed by atoms with Gasteiger partial charge >= 0.3 is 0 Å². The van der Waals surface area contributed by atoms with E-state index in [2.05, 4.69) is 19.1 Å². The van der Waals surface area contributed by atoms with Gasteiger partial charge < -0.3 is 0 Å². The number of ketones is 2. The first kappa shape index (κ1) is 15.1. The summed E-state index contributed by atoms with van der Waals surface area (Å²) in [5.74, 6) is 3.18. The van der Waals surface area contributed by atoms with Crippen molar-refractivity contribution in [2.24, 2.45) is 29.6 Å². The summed E-state index contributed by atoms with van der Waals surface area (Å²) in [6.45, 7) is 3.84. The molecule has 122 valence electrons. The fourth-order valence-corrected chi connectivity index (χ4v) is 5.71. The highest BCUT2D eigenvalue weighted by Crippen LogP contribution is 2.55. The van der Waals surface area contributed by atoms with Crippen molar-refractivity contribution < 1.29 is 9.59 Å². The molecule has 0 aliphatic heterocycles. The fraction of sp³-hybridized carbons (Fsp3) is 0.619. The van der Waals surface area contributed by atoms with Crippen molar-refractivity contribution in [3.05, 3.63) is 34.9 Å². The van der Waals surface area contributed by atoms with Crippen LogP contribution in [0.15, 0.2) is 34.9 Å². The predicted molar refractivity (Wildman–Crippen MR) is 90.8 cm³/mol. The summed E-state index contributed by atoms with van der Waals surface area (Å²) in [6, 6.07) is 0. The van der Waals surface area contributed by atoms with Gasteiger partial charge in [0.15, 0.2) is 11.6 Å². The second-order valence-electron chi connectivity index (χ2n) is 7.85. The lowest BCUT2D eigenvalue weighted by Gasteiger charge is -2.48. The van der Waals surface area contributed by atoms with Crippen molar-refractivity contribution in [2.45, 2.75) is 52.4 Å². The van der Waals surface area contributed by atoms with Gasteiger partial charge in [0.25, 0.3) is 0 Å². The molecule has 23 heavy (non-hydrogen) atoms. The molecule has 4 aliphatic carbocycles. The molecule has 2 saturated carbocycles. The van der Waals surface area contributed by atoms with E-state index in [-0.39, 0.29) is 11.7 Å². The monoisotopic (exact) mass is 310 g/mol. The van der Waals surface area contributed by atoms with Crippen LogP contribution in [0.2, 0.25) is 0 Å². The van der Waals surface area contributed by atoms with Gasteiger partial charge in [0.05, 0.1) is 0 Å². The number of rotatable bonds is 2. The van der Waals surface area contributed by atoms with Gasteiger partial charge in [-0.15, -0.1) is 0 Å². The minimum Gasteiger partial charge on any atom is -0.295 e. The van der Waals surface area contributed by atoms with Crippen LogP contribution in [-0.2, 0) is 9.59 Å². The maximum Gasteiger partial charge on any atom is 0.158 e. The van der Waals surface area contributed by atoms with E-state index in [1.807, 2.05) is 6.08 Å². The Hall–Kier alpha value is -1.44. The van der Waals surface area contributed by atoms with Gasteiger partial charge in [-0.3, -0.25) is 9.59 Å². The highest BCUT2D eigenvalue weighted by Gasteiger charge is 2.46. The van der Waals surface area contributed by atoms with Crippen molar-refractivity contribution >= 4 is 11.6 Å². The maximum absolute atomic E-state index is 12.2. The summed E-state index contributed by atoms with van der Waals surface area (Å²) in [6.07, 6.45) is 12.9. The van der Waals surface area contributed by atoms with Crippen LogP contribution >= 0.6 is 0 Å². The predicted octanol–water partition coefficient (Wildman–Crippen LogP) is 4.42. The van der Waals surface area contributed by atoms with Crippen molar-refractivity contribution in [3.8, 4) is 0 Å². The van der Waals surface area contributed by atoms with Crippen molar-refractivity contribution in [1.29, 1.82) is 0 Å². The minimum absolute atomic E-state index is 0.240. The Kier molecular flexibility index (Phi) is 3.66. The van der Waals surface area contributed by atoms with E-state index >= 15 is 0 Å². The van der Waals surface area contributed by atoms with Gasteiger partial charge in [0.1, 0.15) is 0 Å². The number of carbonyl (C=O) groups is 2. The Bertz CT molecular complexity index is 649. The van der Waals surface area contributed by atoms with Gasteiger partial charge in [-0.25, -0.2) is 0 Å². The average Bonchev–Trinajstić information content (AvgIpc) is 2.98. The van der Waals surface area contributed by atoms with Gasteiger partial charge in [-0.05, 0) is 69.3 Å². The second-order valence-corrected chi connectivity index (χ2v) is 7.85. The molecule has 2 nitrogen and oxygen atoms in total. The molecular weight excluding hydrogens is 284 g/mol. The van der Waals surface area contributed by atoms with Crippen LogP contribution in [0.1, 0.15) is 52.4 Å². The largest absolute Gasteiger partial charge is 0.295 e. The zero-order valence-electron chi connectivity index (χ0n) is 14.2. The van der Waals surface area contributed by atoms with Crippen LogP contribution < -0.4 is 0 Å². The zero-order chi connectivity index (χ0) is 16.1. The fourth-order valence-electron chi connectivity index (χ4n) is 5.71. The molecule has 0 spiro atoms.